The van der Waals surface area contributed by atoms with Crippen molar-refractivity contribution in [1.82, 2.24) is 0 Å². The third-order valence-corrected chi connectivity index (χ3v) is 3.52. The highest BCUT2D eigenvalue weighted by Gasteiger charge is 2.15. The lowest BCUT2D eigenvalue weighted by Crippen LogP contribution is -1.98. The number of benzene rings is 2. The highest BCUT2D eigenvalue weighted by atomic mass is 35.5. The van der Waals surface area contributed by atoms with Gasteiger partial charge in [0.05, 0.1) is 12.5 Å². The number of halogens is 1. The monoisotopic (exact) mass is 260 g/mol. The van der Waals surface area contributed by atoms with Gasteiger partial charge in [0.15, 0.2) is 0 Å². The molecule has 0 saturated heterocycles. The van der Waals surface area contributed by atoms with Crippen LogP contribution in [0.2, 0.25) is 0 Å². The Morgan fingerprint density at radius 2 is 1.56 bits per heavy atom. The first-order valence-corrected chi connectivity index (χ1v) is 6.40. The number of methoxy groups -OCH3 is 1. The molecule has 2 rings (SSSR count). The van der Waals surface area contributed by atoms with Crippen molar-refractivity contribution < 1.29 is 4.74 Å². The smallest absolute Gasteiger partial charge is 0.123 e. The Hall–Kier alpha value is -1.47. The van der Waals surface area contributed by atoms with Crippen molar-refractivity contribution in [2.45, 2.75) is 19.2 Å². The van der Waals surface area contributed by atoms with Crippen LogP contribution in [0.15, 0.2) is 42.5 Å². The van der Waals surface area contributed by atoms with Crippen molar-refractivity contribution in [3.05, 3.63) is 64.7 Å². The van der Waals surface area contributed by atoms with Crippen LogP contribution in [0.3, 0.4) is 0 Å². The zero-order valence-corrected chi connectivity index (χ0v) is 11.7. The molecule has 0 bridgehead atoms. The van der Waals surface area contributed by atoms with E-state index < -0.39 is 0 Å². The fourth-order valence-corrected chi connectivity index (χ4v) is 2.28. The lowest BCUT2D eigenvalue weighted by molar-refractivity contribution is 0.410. The van der Waals surface area contributed by atoms with Gasteiger partial charge in [0.1, 0.15) is 5.75 Å². The molecule has 0 aliphatic rings. The van der Waals surface area contributed by atoms with Gasteiger partial charge in [0.25, 0.3) is 0 Å². The normalized spacial score (nSPS) is 12.2. The van der Waals surface area contributed by atoms with E-state index in [1.807, 2.05) is 12.1 Å². The Labute approximate surface area is 113 Å². The average molecular weight is 261 g/mol. The molecule has 0 N–H and O–H groups in total. The van der Waals surface area contributed by atoms with Crippen LogP contribution in [0.25, 0.3) is 0 Å². The van der Waals surface area contributed by atoms with Gasteiger partial charge in [-0.1, -0.05) is 47.5 Å². The standard InChI is InChI=1S/C16H17ClO/c1-11-4-7-13(8-5-11)16(17)14-10-12(2)6-9-15(14)18-3/h4-10,16H,1-3H3. The van der Waals surface area contributed by atoms with E-state index in [-0.39, 0.29) is 5.38 Å². The molecule has 1 nitrogen and oxygen atoms in total. The summed E-state index contributed by atoms with van der Waals surface area (Å²) in [6.07, 6.45) is 0. The van der Waals surface area contributed by atoms with Crippen LogP contribution in [0.5, 0.6) is 5.75 Å². The van der Waals surface area contributed by atoms with Crippen LogP contribution in [-0.4, -0.2) is 7.11 Å². The van der Waals surface area contributed by atoms with E-state index in [1.165, 1.54) is 11.1 Å². The minimum Gasteiger partial charge on any atom is -0.496 e. The Bertz CT molecular complexity index is 531. The summed E-state index contributed by atoms with van der Waals surface area (Å²) in [5, 5.41) is -0.180. The van der Waals surface area contributed by atoms with E-state index in [1.54, 1.807) is 7.11 Å². The molecule has 1 atom stereocenters. The highest BCUT2D eigenvalue weighted by molar-refractivity contribution is 6.22. The van der Waals surface area contributed by atoms with Crippen molar-refractivity contribution >= 4 is 11.6 Å². The number of ether oxygens (including phenoxy) is 1. The number of aryl methyl sites for hydroxylation is 2. The minimum atomic E-state index is -0.180. The Kier molecular flexibility index (Phi) is 3.93. The van der Waals surface area contributed by atoms with Gasteiger partial charge in [-0.25, -0.2) is 0 Å². The minimum absolute atomic E-state index is 0.180. The molecule has 0 radical (unpaired) electrons. The van der Waals surface area contributed by atoms with Gasteiger partial charge < -0.3 is 4.74 Å². The SMILES string of the molecule is COc1ccc(C)cc1C(Cl)c1ccc(C)cc1. The molecule has 0 aromatic heterocycles. The van der Waals surface area contributed by atoms with Gasteiger partial charge in [-0.05, 0) is 25.5 Å². The van der Waals surface area contributed by atoms with E-state index >= 15 is 0 Å². The van der Waals surface area contributed by atoms with Crippen LogP contribution >= 0.6 is 11.6 Å². The van der Waals surface area contributed by atoms with Crippen molar-refractivity contribution in [2.24, 2.45) is 0 Å². The summed E-state index contributed by atoms with van der Waals surface area (Å²) in [4.78, 5) is 0. The molecule has 2 aromatic rings. The second kappa shape index (κ2) is 5.45. The number of hydrogen-bond donors (Lipinski definition) is 0. The van der Waals surface area contributed by atoms with E-state index in [0.717, 1.165) is 16.9 Å². The molecule has 0 amide bonds. The third-order valence-electron chi connectivity index (χ3n) is 3.03. The van der Waals surface area contributed by atoms with Gasteiger partial charge in [-0.2, -0.15) is 0 Å². The van der Waals surface area contributed by atoms with Crippen molar-refractivity contribution in [3.63, 3.8) is 0 Å². The van der Waals surface area contributed by atoms with Crippen LogP contribution in [-0.2, 0) is 0 Å². The van der Waals surface area contributed by atoms with Gasteiger partial charge >= 0.3 is 0 Å². The first kappa shape index (κ1) is 13.0. The van der Waals surface area contributed by atoms with Crippen molar-refractivity contribution in [1.29, 1.82) is 0 Å². The predicted molar refractivity (Wildman–Crippen MR) is 76.6 cm³/mol. The largest absolute Gasteiger partial charge is 0.496 e. The molecule has 0 aliphatic carbocycles. The Balaban J connectivity index is 2.41. The van der Waals surface area contributed by atoms with Gasteiger partial charge in [-0.15, -0.1) is 11.6 Å². The summed E-state index contributed by atoms with van der Waals surface area (Å²) in [6, 6.07) is 14.4. The summed E-state index contributed by atoms with van der Waals surface area (Å²) in [5.41, 5.74) is 4.52. The summed E-state index contributed by atoms with van der Waals surface area (Å²) >= 11 is 6.56. The summed E-state index contributed by atoms with van der Waals surface area (Å²) in [6.45, 7) is 4.13. The quantitative estimate of drug-likeness (QED) is 0.731. The molecule has 94 valence electrons. The third kappa shape index (κ3) is 2.68. The van der Waals surface area contributed by atoms with E-state index in [0.29, 0.717) is 0 Å². The molecular weight excluding hydrogens is 244 g/mol. The Morgan fingerprint density at radius 1 is 0.944 bits per heavy atom. The van der Waals surface area contributed by atoms with Gasteiger partial charge in [0.2, 0.25) is 0 Å². The van der Waals surface area contributed by atoms with Gasteiger partial charge in [0, 0.05) is 5.56 Å². The highest BCUT2D eigenvalue weighted by Crippen LogP contribution is 2.35. The topological polar surface area (TPSA) is 9.23 Å². The molecule has 2 heteroatoms. The number of alkyl halides is 1. The fraction of sp³-hybridized carbons (Fsp3) is 0.250. The molecule has 2 aromatic carbocycles. The van der Waals surface area contributed by atoms with Gasteiger partial charge in [-0.3, -0.25) is 0 Å². The molecule has 0 heterocycles. The van der Waals surface area contributed by atoms with Crippen LogP contribution in [0.1, 0.15) is 27.6 Å². The van der Waals surface area contributed by atoms with E-state index in [4.69, 9.17) is 16.3 Å². The molecule has 18 heavy (non-hydrogen) atoms. The molecule has 0 fully saturated rings. The maximum atomic E-state index is 6.56. The first-order valence-electron chi connectivity index (χ1n) is 5.97. The van der Waals surface area contributed by atoms with Crippen LogP contribution in [0.4, 0.5) is 0 Å². The molecular formula is C16H17ClO. The summed E-state index contributed by atoms with van der Waals surface area (Å²) in [7, 11) is 1.67. The molecule has 0 spiro atoms. The fourth-order valence-electron chi connectivity index (χ4n) is 1.97. The van der Waals surface area contributed by atoms with Crippen molar-refractivity contribution in [3.8, 4) is 5.75 Å². The zero-order chi connectivity index (χ0) is 13.1. The average Bonchev–Trinajstić information content (AvgIpc) is 2.39. The maximum absolute atomic E-state index is 6.56. The first-order chi connectivity index (χ1) is 8.61. The lowest BCUT2D eigenvalue weighted by Gasteiger charge is -2.15. The molecule has 0 saturated carbocycles. The number of rotatable bonds is 3. The van der Waals surface area contributed by atoms with Crippen LogP contribution in [0, 0.1) is 13.8 Å². The summed E-state index contributed by atoms with van der Waals surface area (Å²) in [5.74, 6) is 0.834. The second-order valence-corrected chi connectivity index (χ2v) is 4.96. The van der Waals surface area contributed by atoms with E-state index in [2.05, 4.69) is 44.2 Å². The maximum Gasteiger partial charge on any atom is 0.123 e. The molecule has 1 unspecified atom stereocenters. The molecule has 0 aliphatic heterocycles. The number of hydrogen-bond acceptors (Lipinski definition) is 1. The predicted octanol–water partition coefficient (Wildman–Crippen LogP) is 4.64. The second-order valence-electron chi connectivity index (χ2n) is 4.52. The van der Waals surface area contributed by atoms with Crippen molar-refractivity contribution in [2.75, 3.05) is 7.11 Å². The summed E-state index contributed by atoms with van der Waals surface area (Å²) < 4.78 is 5.38. The van der Waals surface area contributed by atoms with Crippen LogP contribution < -0.4 is 4.74 Å². The van der Waals surface area contributed by atoms with E-state index in [9.17, 15) is 0 Å². The Morgan fingerprint density at radius 3 is 2.17 bits per heavy atom. The lowest BCUT2D eigenvalue weighted by atomic mass is 10.0. The zero-order valence-electron chi connectivity index (χ0n) is 10.9.